The molecular weight excluding hydrogens is 208 g/mol. The van der Waals surface area contributed by atoms with Crippen LogP contribution in [0, 0.1) is 6.92 Å². The number of fused-ring (bicyclic) bond motifs is 1. The van der Waals surface area contributed by atoms with Crippen LogP contribution in [0.3, 0.4) is 0 Å². The number of aromatic nitrogens is 2. The van der Waals surface area contributed by atoms with E-state index < -0.39 is 5.97 Å². The molecule has 0 aliphatic heterocycles. The maximum Gasteiger partial charge on any atom is 0.305 e. The first-order valence-electron chi connectivity index (χ1n) is 4.96. The van der Waals surface area contributed by atoms with Gasteiger partial charge in [-0.25, -0.2) is 4.98 Å². The van der Waals surface area contributed by atoms with E-state index in [1.165, 1.54) is 0 Å². The molecule has 0 radical (unpaired) electrons. The standard InChI is InChI=1S/C11H12N2O3/c1-7-12-8-3-2-4-9(14)11(8)13(7)6-5-10(15)16/h2-4,14H,5-6H2,1H3,(H,15,16). The number of para-hydroxylation sites is 1. The van der Waals surface area contributed by atoms with Gasteiger partial charge in [0.1, 0.15) is 17.1 Å². The van der Waals surface area contributed by atoms with Crippen LogP contribution in [0.1, 0.15) is 12.2 Å². The van der Waals surface area contributed by atoms with Gasteiger partial charge in [0.15, 0.2) is 0 Å². The van der Waals surface area contributed by atoms with E-state index >= 15 is 0 Å². The van der Waals surface area contributed by atoms with Gasteiger partial charge in [-0.2, -0.15) is 0 Å². The lowest BCUT2D eigenvalue weighted by atomic mass is 10.3. The van der Waals surface area contributed by atoms with Crippen molar-refractivity contribution in [1.29, 1.82) is 0 Å². The van der Waals surface area contributed by atoms with Gasteiger partial charge in [0.05, 0.1) is 11.9 Å². The number of rotatable bonds is 3. The molecule has 0 aliphatic rings. The van der Waals surface area contributed by atoms with Crippen LogP contribution in [0.15, 0.2) is 18.2 Å². The second-order valence-electron chi connectivity index (χ2n) is 3.60. The molecule has 84 valence electrons. The molecule has 5 nitrogen and oxygen atoms in total. The lowest BCUT2D eigenvalue weighted by molar-refractivity contribution is -0.137. The topological polar surface area (TPSA) is 75.4 Å². The fraction of sp³-hybridized carbons (Fsp3) is 0.273. The third-order valence-corrected chi connectivity index (χ3v) is 2.49. The molecule has 1 aromatic carbocycles. The summed E-state index contributed by atoms with van der Waals surface area (Å²) in [7, 11) is 0. The van der Waals surface area contributed by atoms with E-state index in [9.17, 15) is 9.90 Å². The Hall–Kier alpha value is -2.04. The van der Waals surface area contributed by atoms with Crippen LogP contribution in [0.2, 0.25) is 0 Å². The highest BCUT2D eigenvalue weighted by Crippen LogP contribution is 2.25. The number of aliphatic carboxylic acids is 1. The predicted octanol–water partition coefficient (Wildman–Crippen LogP) is 1.53. The van der Waals surface area contributed by atoms with E-state index in [0.717, 1.165) is 0 Å². The summed E-state index contributed by atoms with van der Waals surface area (Å²) in [5, 5.41) is 18.4. The molecule has 0 aliphatic carbocycles. The first-order valence-corrected chi connectivity index (χ1v) is 4.96. The highest BCUT2D eigenvalue weighted by molar-refractivity contribution is 5.82. The molecule has 0 bridgehead atoms. The van der Waals surface area contributed by atoms with Crippen molar-refractivity contribution < 1.29 is 15.0 Å². The Bertz CT molecular complexity index is 545. The molecule has 0 spiro atoms. The van der Waals surface area contributed by atoms with Crippen LogP contribution < -0.4 is 0 Å². The van der Waals surface area contributed by atoms with E-state index in [2.05, 4.69) is 4.98 Å². The summed E-state index contributed by atoms with van der Waals surface area (Å²) in [6.07, 6.45) is 0.0145. The number of carboxylic acid groups (broad SMARTS) is 1. The quantitative estimate of drug-likeness (QED) is 0.822. The maximum absolute atomic E-state index is 10.5. The van der Waals surface area contributed by atoms with Crippen molar-refractivity contribution in [1.82, 2.24) is 9.55 Å². The van der Waals surface area contributed by atoms with Crippen molar-refractivity contribution in [2.75, 3.05) is 0 Å². The fourth-order valence-corrected chi connectivity index (χ4v) is 1.76. The molecule has 0 atom stereocenters. The third-order valence-electron chi connectivity index (χ3n) is 2.49. The molecule has 2 N–H and O–H groups in total. The van der Waals surface area contributed by atoms with Crippen molar-refractivity contribution in [2.45, 2.75) is 19.9 Å². The van der Waals surface area contributed by atoms with Crippen molar-refractivity contribution in [2.24, 2.45) is 0 Å². The molecule has 2 aromatic rings. The minimum atomic E-state index is -0.864. The Balaban J connectivity index is 2.50. The van der Waals surface area contributed by atoms with Gasteiger partial charge in [0.25, 0.3) is 0 Å². The number of carboxylic acids is 1. The van der Waals surface area contributed by atoms with Crippen molar-refractivity contribution in [3.8, 4) is 5.75 Å². The molecule has 5 heteroatoms. The second kappa shape index (κ2) is 3.84. The fourth-order valence-electron chi connectivity index (χ4n) is 1.76. The summed E-state index contributed by atoms with van der Waals surface area (Å²) in [4.78, 5) is 14.8. The van der Waals surface area contributed by atoms with E-state index in [0.29, 0.717) is 23.4 Å². The number of hydrogen-bond acceptors (Lipinski definition) is 3. The zero-order chi connectivity index (χ0) is 11.7. The SMILES string of the molecule is Cc1nc2cccc(O)c2n1CCC(=O)O. The van der Waals surface area contributed by atoms with Crippen molar-refractivity contribution in [3.05, 3.63) is 24.0 Å². The molecule has 2 rings (SSSR count). The highest BCUT2D eigenvalue weighted by Gasteiger charge is 2.11. The summed E-state index contributed by atoms with van der Waals surface area (Å²) in [5.74, 6) is -0.0297. The number of phenolic OH excluding ortho intramolecular Hbond substituents is 1. The van der Waals surface area contributed by atoms with Gasteiger partial charge in [0.2, 0.25) is 0 Å². The van der Waals surface area contributed by atoms with Crippen LogP contribution in [0.5, 0.6) is 5.75 Å². The van der Waals surface area contributed by atoms with Gasteiger partial charge in [-0.05, 0) is 19.1 Å². The molecular formula is C11H12N2O3. The van der Waals surface area contributed by atoms with Crippen LogP contribution in [-0.4, -0.2) is 25.7 Å². The Morgan fingerprint density at radius 3 is 2.94 bits per heavy atom. The Kier molecular flexibility index (Phi) is 2.52. The number of hydrogen-bond donors (Lipinski definition) is 2. The van der Waals surface area contributed by atoms with Crippen molar-refractivity contribution >= 4 is 17.0 Å². The molecule has 0 saturated carbocycles. The zero-order valence-electron chi connectivity index (χ0n) is 8.84. The van der Waals surface area contributed by atoms with E-state index in [4.69, 9.17) is 5.11 Å². The number of phenols is 1. The van der Waals surface area contributed by atoms with Gasteiger partial charge in [-0.15, -0.1) is 0 Å². The number of benzene rings is 1. The number of carbonyl (C=O) groups is 1. The minimum Gasteiger partial charge on any atom is -0.506 e. The summed E-state index contributed by atoms with van der Waals surface area (Å²) < 4.78 is 1.72. The molecule has 0 unspecified atom stereocenters. The summed E-state index contributed by atoms with van der Waals surface area (Å²) in [6.45, 7) is 2.11. The maximum atomic E-state index is 10.5. The first-order chi connectivity index (χ1) is 7.59. The molecule has 16 heavy (non-hydrogen) atoms. The Morgan fingerprint density at radius 1 is 1.50 bits per heavy atom. The lowest BCUT2D eigenvalue weighted by Gasteiger charge is -2.05. The molecule has 0 amide bonds. The molecule has 1 heterocycles. The number of aromatic hydroxyl groups is 1. The smallest absolute Gasteiger partial charge is 0.305 e. The van der Waals surface area contributed by atoms with Crippen LogP contribution in [0.25, 0.3) is 11.0 Å². The van der Waals surface area contributed by atoms with E-state index in [1.807, 2.05) is 0 Å². The lowest BCUT2D eigenvalue weighted by Crippen LogP contribution is -2.06. The Labute approximate surface area is 92.0 Å². The van der Waals surface area contributed by atoms with Gasteiger partial charge in [0, 0.05) is 6.54 Å². The van der Waals surface area contributed by atoms with Gasteiger partial charge < -0.3 is 14.8 Å². The summed E-state index contributed by atoms with van der Waals surface area (Å²) >= 11 is 0. The van der Waals surface area contributed by atoms with Gasteiger partial charge in [-0.1, -0.05) is 6.07 Å². The van der Waals surface area contributed by atoms with Crippen LogP contribution in [0.4, 0.5) is 0 Å². The largest absolute Gasteiger partial charge is 0.506 e. The van der Waals surface area contributed by atoms with Gasteiger partial charge in [-0.3, -0.25) is 4.79 Å². The minimum absolute atomic E-state index is 0.0145. The Morgan fingerprint density at radius 2 is 2.25 bits per heavy atom. The number of aryl methyl sites for hydroxylation is 2. The zero-order valence-corrected chi connectivity index (χ0v) is 8.84. The number of imidazole rings is 1. The predicted molar refractivity (Wildman–Crippen MR) is 58.4 cm³/mol. The molecule has 0 fully saturated rings. The second-order valence-corrected chi connectivity index (χ2v) is 3.60. The average molecular weight is 220 g/mol. The third kappa shape index (κ3) is 1.71. The molecule has 0 saturated heterocycles. The summed E-state index contributed by atoms with van der Waals surface area (Å²) in [6, 6.07) is 5.08. The van der Waals surface area contributed by atoms with Crippen LogP contribution in [-0.2, 0) is 11.3 Å². The molecule has 1 aromatic heterocycles. The highest BCUT2D eigenvalue weighted by atomic mass is 16.4. The monoisotopic (exact) mass is 220 g/mol. The normalized spacial score (nSPS) is 10.8. The summed E-state index contributed by atoms with van der Waals surface area (Å²) in [5.41, 5.74) is 1.28. The number of nitrogens with zero attached hydrogens (tertiary/aromatic N) is 2. The average Bonchev–Trinajstić information content (AvgIpc) is 2.52. The van der Waals surface area contributed by atoms with Crippen LogP contribution >= 0.6 is 0 Å². The van der Waals surface area contributed by atoms with Crippen molar-refractivity contribution in [3.63, 3.8) is 0 Å². The van der Waals surface area contributed by atoms with E-state index in [-0.39, 0.29) is 12.2 Å². The van der Waals surface area contributed by atoms with E-state index in [1.54, 1.807) is 29.7 Å². The van der Waals surface area contributed by atoms with Gasteiger partial charge >= 0.3 is 5.97 Å². The first kappa shape index (κ1) is 10.5.